The molecule has 3 aromatic rings. The van der Waals surface area contributed by atoms with Crippen molar-refractivity contribution in [2.45, 2.75) is 20.4 Å². The van der Waals surface area contributed by atoms with Gasteiger partial charge in [-0.15, -0.1) is 0 Å². The Morgan fingerprint density at radius 3 is 2.69 bits per heavy atom. The topological polar surface area (TPSA) is 72.6 Å². The number of hydrogen-bond acceptors (Lipinski definition) is 6. The van der Waals surface area contributed by atoms with Gasteiger partial charge in [-0.2, -0.15) is 0 Å². The monoisotopic (exact) mass is 414 g/mol. The molecule has 0 aliphatic heterocycles. The molecule has 8 heteroatoms. The maximum atomic E-state index is 13.2. The minimum Gasteiger partial charge on any atom is -0.465 e. The van der Waals surface area contributed by atoms with E-state index in [1.807, 2.05) is 0 Å². The van der Waals surface area contributed by atoms with Crippen LogP contribution < -0.4 is 4.90 Å². The predicted molar refractivity (Wildman–Crippen MR) is 108 cm³/mol. The molecule has 1 aromatic carbocycles. The van der Waals surface area contributed by atoms with E-state index in [-0.39, 0.29) is 24.9 Å². The molecule has 0 unspecified atom stereocenters. The van der Waals surface area contributed by atoms with Crippen LogP contribution in [0.25, 0.3) is 6.08 Å². The first kappa shape index (κ1) is 20.5. The molecule has 6 nitrogen and oxygen atoms in total. The van der Waals surface area contributed by atoms with Crippen LogP contribution in [0.3, 0.4) is 0 Å². The summed E-state index contributed by atoms with van der Waals surface area (Å²) in [4.78, 5) is 31.2. The molecule has 0 spiro atoms. The molecule has 0 aliphatic carbocycles. The van der Waals surface area contributed by atoms with Crippen LogP contribution in [0.15, 0.2) is 53.2 Å². The summed E-state index contributed by atoms with van der Waals surface area (Å²) in [5.74, 6) is -0.661. The molecule has 150 valence electrons. The van der Waals surface area contributed by atoms with E-state index in [2.05, 4.69) is 4.98 Å². The van der Waals surface area contributed by atoms with E-state index in [1.165, 1.54) is 29.4 Å². The number of carbonyl (C=O) groups is 2. The molecule has 0 radical (unpaired) electrons. The number of ether oxygens (including phenoxy) is 1. The van der Waals surface area contributed by atoms with Gasteiger partial charge in [-0.25, -0.2) is 14.2 Å². The summed E-state index contributed by atoms with van der Waals surface area (Å²) in [7, 11) is 0. The van der Waals surface area contributed by atoms with Crippen molar-refractivity contribution in [2.24, 2.45) is 0 Å². The zero-order chi connectivity index (χ0) is 20.8. The molecule has 0 aliphatic rings. The number of thiazole rings is 1. The summed E-state index contributed by atoms with van der Waals surface area (Å²) in [6.45, 7) is 3.82. The number of aryl methyl sites for hydroxylation is 1. The lowest BCUT2D eigenvalue weighted by Crippen LogP contribution is -2.28. The smallest absolute Gasteiger partial charge is 0.350 e. The second-order valence-electron chi connectivity index (χ2n) is 6.03. The molecular weight excluding hydrogens is 395 g/mol. The van der Waals surface area contributed by atoms with Gasteiger partial charge in [0.15, 0.2) is 5.13 Å². The maximum absolute atomic E-state index is 13.2. The SMILES string of the molecule is CCOC(=O)c1sc(N(Cc2ccc(F)cc2)C(=O)C=Cc2ccco2)nc1C. The second kappa shape index (κ2) is 9.29. The summed E-state index contributed by atoms with van der Waals surface area (Å²) < 4.78 is 23.5. The number of nitrogens with zero attached hydrogens (tertiary/aromatic N) is 2. The number of aromatic nitrogens is 1. The van der Waals surface area contributed by atoms with E-state index in [1.54, 1.807) is 44.2 Å². The molecule has 29 heavy (non-hydrogen) atoms. The van der Waals surface area contributed by atoms with Crippen molar-refractivity contribution in [3.05, 3.63) is 76.4 Å². The molecular formula is C21H19FN2O4S. The summed E-state index contributed by atoms with van der Waals surface area (Å²) in [6, 6.07) is 9.29. The number of esters is 1. The first-order chi connectivity index (χ1) is 14.0. The van der Waals surface area contributed by atoms with E-state index in [9.17, 15) is 14.0 Å². The van der Waals surface area contributed by atoms with E-state index in [4.69, 9.17) is 9.15 Å². The molecule has 0 atom stereocenters. The molecule has 0 fully saturated rings. The fourth-order valence-electron chi connectivity index (χ4n) is 2.53. The first-order valence-electron chi connectivity index (χ1n) is 8.90. The van der Waals surface area contributed by atoms with Crippen molar-refractivity contribution in [3.63, 3.8) is 0 Å². The lowest BCUT2D eigenvalue weighted by atomic mass is 10.2. The van der Waals surface area contributed by atoms with E-state index >= 15 is 0 Å². The minimum atomic E-state index is -0.478. The number of amides is 1. The molecule has 0 N–H and O–H groups in total. The summed E-state index contributed by atoms with van der Waals surface area (Å²) in [6.07, 6.45) is 4.42. The number of carbonyl (C=O) groups excluding carboxylic acids is 2. The van der Waals surface area contributed by atoms with E-state index in [0.29, 0.717) is 21.5 Å². The predicted octanol–water partition coefficient (Wildman–Crippen LogP) is 4.61. The number of benzene rings is 1. The van der Waals surface area contributed by atoms with Crippen molar-refractivity contribution in [1.82, 2.24) is 4.98 Å². The van der Waals surface area contributed by atoms with Gasteiger partial charge in [0.2, 0.25) is 0 Å². The Kier molecular flexibility index (Phi) is 6.56. The average molecular weight is 414 g/mol. The van der Waals surface area contributed by atoms with Gasteiger partial charge in [-0.1, -0.05) is 23.5 Å². The minimum absolute atomic E-state index is 0.164. The first-order valence-corrected chi connectivity index (χ1v) is 9.71. The molecule has 1 amide bonds. The standard InChI is InChI=1S/C21H19FN2O4S/c1-3-27-20(26)19-14(2)23-21(29-19)24(13-15-6-8-16(22)9-7-15)18(25)11-10-17-5-4-12-28-17/h4-12H,3,13H2,1-2H3. The Labute approximate surface area is 171 Å². The van der Waals surface area contributed by atoms with Gasteiger partial charge >= 0.3 is 5.97 Å². The summed E-state index contributed by atoms with van der Waals surface area (Å²) in [5, 5.41) is 0.351. The van der Waals surface area contributed by atoms with Gasteiger partial charge < -0.3 is 9.15 Å². The van der Waals surface area contributed by atoms with Gasteiger partial charge in [0.1, 0.15) is 16.5 Å². The number of halogens is 1. The highest BCUT2D eigenvalue weighted by atomic mass is 32.1. The number of hydrogen-bond donors (Lipinski definition) is 0. The van der Waals surface area contributed by atoms with Crippen molar-refractivity contribution >= 4 is 34.4 Å². The van der Waals surface area contributed by atoms with Crippen LogP contribution in [0.4, 0.5) is 9.52 Å². The largest absolute Gasteiger partial charge is 0.465 e. The Balaban J connectivity index is 1.91. The van der Waals surface area contributed by atoms with Gasteiger partial charge in [0.25, 0.3) is 5.91 Å². The normalized spacial score (nSPS) is 11.0. The number of furan rings is 1. The highest BCUT2D eigenvalue weighted by Gasteiger charge is 2.23. The van der Waals surface area contributed by atoms with Crippen molar-refractivity contribution < 1.29 is 23.1 Å². The molecule has 2 aromatic heterocycles. The van der Waals surface area contributed by atoms with Crippen LogP contribution in [-0.2, 0) is 16.1 Å². The third-order valence-corrected chi connectivity index (χ3v) is 5.09. The highest BCUT2D eigenvalue weighted by Crippen LogP contribution is 2.28. The van der Waals surface area contributed by atoms with Gasteiger partial charge in [0, 0.05) is 6.08 Å². The quantitative estimate of drug-likeness (QED) is 0.417. The zero-order valence-corrected chi connectivity index (χ0v) is 16.7. The highest BCUT2D eigenvalue weighted by molar-refractivity contribution is 7.17. The van der Waals surface area contributed by atoms with Crippen LogP contribution in [0, 0.1) is 12.7 Å². The molecule has 0 saturated carbocycles. The van der Waals surface area contributed by atoms with Gasteiger partial charge in [0.05, 0.1) is 25.1 Å². The average Bonchev–Trinajstić information content (AvgIpc) is 3.35. The van der Waals surface area contributed by atoms with Crippen molar-refractivity contribution in [3.8, 4) is 0 Å². The maximum Gasteiger partial charge on any atom is 0.350 e. The van der Waals surface area contributed by atoms with Crippen LogP contribution >= 0.6 is 11.3 Å². The Morgan fingerprint density at radius 2 is 2.03 bits per heavy atom. The second-order valence-corrected chi connectivity index (χ2v) is 7.01. The van der Waals surface area contributed by atoms with Crippen LogP contribution in [0.1, 0.15) is 33.6 Å². The molecule has 0 saturated heterocycles. The Morgan fingerprint density at radius 1 is 1.28 bits per heavy atom. The Bertz CT molecular complexity index is 1010. The molecule has 3 rings (SSSR count). The number of rotatable bonds is 7. The summed E-state index contributed by atoms with van der Waals surface area (Å²) >= 11 is 1.08. The number of anilines is 1. The van der Waals surface area contributed by atoms with Crippen LogP contribution in [-0.4, -0.2) is 23.5 Å². The Hall–Kier alpha value is -3.26. The van der Waals surface area contributed by atoms with Crippen LogP contribution in [0.5, 0.6) is 0 Å². The third kappa shape index (κ3) is 5.17. The lowest BCUT2D eigenvalue weighted by molar-refractivity contribution is -0.114. The van der Waals surface area contributed by atoms with Crippen LogP contribution in [0.2, 0.25) is 0 Å². The third-order valence-electron chi connectivity index (χ3n) is 3.93. The molecule has 0 bridgehead atoms. The fraction of sp³-hybridized carbons (Fsp3) is 0.190. The van der Waals surface area contributed by atoms with Crippen molar-refractivity contribution in [1.29, 1.82) is 0 Å². The van der Waals surface area contributed by atoms with Gasteiger partial charge in [-0.05, 0) is 49.8 Å². The summed E-state index contributed by atoms with van der Waals surface area (Å²) in [5.41, 5.74) is 1.20. The van der Waals surface area contributed by atoms with E-state index < -0.39 is 5.97 Å². The lowest BCUT2D eigenvalue weighted by Gasteiger charge is -2.18. The zero-order valence-electron chi connectivity index (χ0n) is 15.9. The van der Waals surface area contributed by atoms with Crippen molar-refractivity contribution in [2.75, 3.05) is 11.5 Å². The van der Waals surface area contributed by atoms with Gasteiger partial charge in [-0.3, -0.25) is 9.69 Å². The van der Waals surface area contributed by atoms with E-state index in [0.717, 1.165) is 16.9 Å². The fourth-order valence-corrected chi connectivity index (χ4v) is 3.49. The molecule has 2 heterocycles.